The number of hydrogen-bond acceptors (Lipinski definition) is 4. The summed E-state index contributed by atoms with van der Waals surface area (Å²) in [6.07, 6.45) is 1.68. The van der Waals surface area contributed by atoms with Gasteiger partial charge in [-0.2, -0.15) is 0 Å². The van der Waals surface area contributed by atoms with E-state index in [1.165, 1.54) is 0 Å². The largest absolute Gasteiger partial charge is 0.496 e. The van der Waals surface area contributed by atoms with Crippen molar-refractivity contribution in [3.8, 4) is 5.75 Å². The predicted molar refractivity (Wildman–Crippen MR) is 93.9 cm³/mol. The SMILES string of the molecule is COc1ccc2ccccc2c1CNC(=O)C(N)C1CCOCC1. The maximum absolute atomic E-state index is 12.4. The van der Waals surface area contributed by atoms with E-state index in [4.69, 9.17) is 15.2 Å². The summed E-state index contributed by atoms with van der Waals surface area (Å²) in [5.41, 5.74) is 7.12. The molecule has 2 aromatic carbocycles. The number of carbonyl (C=O) groups excluding carboxylic acids is 1. The summed E-state index contributed by atoms with van der Waals surface area (Å²) in [7, 11) is 1.64. The second-order valence-corrected chi connectivity index (χ2v) is 6.16. The minimum atomic E-state index is -0.491. The molecule has 24 heavy (non-hydrogen) atoms. The summed E-state index contributed by atoms with van der Waals surface area (Å²) in [5.74, 6) is 0.846. The van der Waals surface area contributed by atoms with E-state index in [0.29, 0.717) is 19.8 Å². The zero-order valence-electron chi connectivity index (χ0n) is 14.0. The van der Waals surface area contributed by atoms with Crippen molar-refractivity contribution in [2.45, 2.75) is 25.4 Å². The van der Waals surface area contributed by atoms with Gasteiger partial charge in [-0.3, -0.25) is 4.79 Å². The monoisotopic (exact) mass is 328 g/mol. The van der Waals surface area contributed by atoms with Crippen LogP contribution >= 0.6 is 0 Å². The van der Waals surface area contributed by atoms with E-state index in [2.05, 4.69) is 5.32 Å². The lowest BCUT2D eigenvalue weighted by Crippen LogP contribution is -2.46. The number of fused-ring (bicyclic) bond motifs is 1. The first-order chi connectivity index (χ1) is 11.7. The molecule has 1 amide bonds. The Kier molecular flexibility index (Phi) is 5.33. The first-order valence-corrected chi connectivity index (χ1v) is 8.36. The molecule has 0 aromatic heterocycles. The van der Waals surface area contributed by atoms with Crippen molar-refractivity contribution in [1.29, 1.82) is 0 Å². The highest BCUT2D eigenvalue weighted by molar-refractivity contribution is 5.88. The van der Waals surface area contributed by atoms with Gasteiger partial charge in [-0.1, -0.05) is 30.3 Å². The Hall–Kier alpha value is -2.11. The van der Waals surface area contributed by atoms with Crippen molar-refractivity contribution < 1.29 is 14.3 Å². The van der Waals surface area contributed by atoms with Gasteiger partial charge in [-0.15, -0.1) is 0 Å². The second-order valence-electron chi connectivity index (χ2n) is 6.16. The molecule has 3 N–H and O–H groups in total. The molecular formula is C19H24N2O3. The predicted octanol–water partition coefficient (Wildman–Crippen LogP) is 2.22. The molecular weight excluding hydrogens is 304 g/mol. The van der Waals surface area contributed by atoms with E-state index >= 15 is 0 Å². The summed E-state index contributed by atoms with van der Waals surface area (Å²) < 4.78 is 10.8. The topological polar surface area (TPSA) is 73.6 Å². The van der Waals surface area contributed by atoms with E-state index in [1.54, 1.807) is 7.11 Å². The molecule has 128 valence electrons. The van der Waals surface area contributed by atoms with Crippen LogP contribution in [0.2, 0.25) is 0 Å². The van der Waals surface area contributed by atoms with E-state index < -0.39 is 6.04 Å². The molecule has 1 saturated heterocycles. The number of nitrogens with one attached hydrogen (secondary N) is 1. The molecule has 1 fully saturated rings. The third-order valence-electron chi connectivity index (χ3n) is 4.73. The second kappa shape index (κ2) is 7.64. The van der Waals surface area contributed by atoms with Crippen LogP contribution in [0.15, 0.2) is 36.4 Å². The quantitative estimate of drug-likeness (QED) is 0.883. The van der Waals surface area contributed by atoms with Crippen LogP contribution in [0.25, 0.3) is 10.8 Å². The zero-order chi connectivity index (χ0) is 16.9. The number of rotatable bonds is 5. The van der Waals surface area contributed by atoms with Crippen LogP contribution in [0, 0.1) is 5.92 Å². The van der Waals surface area contributed by atoms with Gasteiger partial charge in [0.25, 0.3) is 0 Å². The number of methoxy groups -OCH3 is 1. The van der Waals surface area contributed by atoms with Crippen LogP contribution < -0.4 is 15.8 Å². The highest BCUT2D eigenvalue weighted by Crippen LogP contribution is 2.28. The Labute approximate surface area is 142 Å². The van der Waals surface area contributed by atoms with E-state index in [-0.39, 0.29) is 11.8 Å². The van der Waals surface area contributed by atoms with Crippen molar-refractivity contribution in [1.82, 2.24) is 5.32 Å². The van der Waals surface area contributed by atoms with Crippen molar-refractivity contribution in [2.24, 2.45) is 11.7 Å². The number of hydrogen-bond donors (Lipinski definition) is 2. The summed E-state index contributed by atoms with van der Waals surface area (Å²) in [6, 6.07) is 11.5. The van der Waals surface area contributed by atoms with Gasteiger partial charge in [0.1, 0.15) is 5.75 Å². The molecule has 2 aromatic rings. The van der Waals surface area contributed by atoms with E-state index in [1.807, 2.05) is 36.4 Å². The minimum Gasteiger partial charge on any atom is -0.496 e. The molecule has 0 spiro atoms. The average molecular weight is 328 g/mol. The minimum absolute atomic E-state index is 0.114. The summed E-state index contributed by atoms with van der Waals surface area (Å²) in [6.45, 7) is 1.77. The number of amides is 1. The van der Waals surface area contributed by atoms with Crippen LogP contribution in [0.1, 0.15) is 18.4 Å². The van der Waals surface area contributed by atoms with Crippen molar-refractivity contribution >= 4 is 16.7 Å². The lowest BCUT2D eigenvalue weighted by atomic mass is 9.92. The smallest absolute Gasteiger partial charge is 0.237 e. The van der Waals surface area contributed by atoms with Crippen molar-refractivity contribution in [3.63, 3.8) is 0 Å². The Morgan fingerprint density at radius 2 is 2.04 bits per heavy atom. The summed E-state index contributed by atoms with van der Waals surface area (Å²) in [4.78, 5) is 12.4. The molecule has 1 atom stereocenters. The third kappa shape index (κ3) is 3.52. The summed E-state index contributed by atoms with van der Waals surface area (Å²) in [5, 5.41) is 5.18. The fourth-order valence-electron chi connectivity index (χ4n) is 3.27. The maximum Gasteiger partial charge on any atom is 0.237 e. The van der Waals surface area contributed by atoms with Crippen LogP contribution in [-0.2, 0) is 16.1 Å². The molecule has 3 rings (SSSR count). The standard InChI is InChI=1S/C19H24N2O3/c1-23-17-7-6-13-4-2-3-5-15(13)16(17)12-21-19(22)18(20)14-8-10-24-11-9-14/h2-7,14,18H,8-12,20H2,1H3,(H,21,22). The van der Waals surface area contributed by atoms with Gasteiger partial charge in [0.05, 0.1) is 13.2 Å². The number of carbonyl (C=O) groups is 1. The van der Waals surface area contributed by atoms with Gasteiger partial charge < -0.3 is 20.5 Å². The maximum atomic E-state index is 12.4. The van der Waals surface area contributed by atoms with Crippen molar-refractivity contribution in [3.05, 3.63) is 42.0 Å². The van der Waals surface area contributed by atoms with Gasteiger partial charge in [-0.25, -0.2) is 0 Å². The van der Waals surface area contributed by atoms with Gasteiger partial charge in [-0.05, 0) is 35.6 Å². The molecule has 1 aliphatic rings. The Morgan fingerprint density at radius 1 is 1.29 bits per heavy atom. The van der Waals surface area contributed by atoms with E-state index in [0.717, 1.165) is 34.9 Å². The first-order valence-electron chi connectivity index (χ1n) is 8.36. The lowest BCUT2D eigenvalue weighted by molar-refractivity contribution is -0.124. The fraction of sp³-hybridized carbons (Fsp3) is 0.421. The number of ether oxygens (including phenoxy) is 2. The Balaban J connectivity index is 1.73. The molecule has 1 aliphatic heterocycles. The van der Waals surface area contributed by atoms with Crippen molar-refractivity contribution in [2.75, 3.05) is 20.3 Å². The number of nitrogens with two attached hydrogens (primary N) is 1. The number of benzene rings is 2. The average Bonchev–Trinajstić information content (AvgIpc) is 2.65. The van der Waals surface area contributed by atoms with Crippen LogP contribution in [0.4, 0.5) is 0 Å². The lowest BCUT2D eigenvalue weighted by Gasteiger charge is -2.26. The Bertz CT molecular complexity index is 711. The highest BCUT2D eigenvalue weighted by Gasteiger charge is 2.26. The van der Waals surface area contributed by atoms with E-state index in [9.17, 15) is 4.79 Å². The summed E-state index contributed by atoms with van der Waals surface area (Å²) >= 11 is 0. The van der Waals surface area contributed by atoms with Crippen LogP contribution in [-0.4, -0.2) is 32.3 Å². The normalized spacial score (nSPS) is 16.8. The molecule has 5 nitrogen and oxygen atoms in total. The molecule has 5 heteroatoms. The zero-order valence-corrected chi connectivity index (χ0v) is 14.0. The van der Waals surface area contributed by atoms with Gasteiger partial charge >= 0.3 is 0 Å². The van der Waals surface area contributed by atoms with Gasteiger partial charge in [0, 0.05) is 25.3 Å². The molecule has 1 unspecified atom stereocenters. The molecule has 0 bridgehead atoms. The Morgan fingerprint density at radius 3 is 2.79 bits per heavy atom. The third-order valence-corrected chi connectivity index (χ3v) is 4.73. The molecule has 0 saturated carbocycles. The highest BCUT2D eigenvalue weighted by atomic mass is 16.5. The molecule has 0 aliphatic carbocycles. The van der Waals surface area contributed by atoms with Gasteiger partial charge in [0.15, 0.2) is 0 Å². The van der Waals surface area contributed by atoms with Crippen LogP contribution in [0.5, 0.6) is 5.75 Å². The van der Waals surface area contributed by atoms with Crippen LogP contribution in [0.3, 0.4) is 0 Å². The van der Waals surface area contributed by atoms with Gasteiger partial charge in [0.2, 0.25) is 5.91 Å². The molecule has 1 heterocycles. The fourth-order valence-corrected chi connectivity index (χ4v) is 3.27. The molecule has 0 radical (unpaired) electrons. The first kappa shape index (κ1) is 16.7.